The van der Waals surface area contributed by atoms with Crippen LogP contribution < -0.4 is 0 Å². The fourth-order valence-corrected chi connectivity index (χ4v) is 1.92. The van der Waals surface area contributed by atoms with E-state index in [-0.39, 0.29) is 0 Å². The van der Waals surface area contributed by atoms with Gasteiger partial charge >= 0.3 is 0 Å². The minimum atomic E-state index is 0.831. The molecule has 0 aromatic heterocycles. The van der Waals surface area contributed by atoms with E-state index in [2.05, 4.69) is 26.5 Å². The summed E-state index contributed by atoms with van der Waals surface area (Å²) in [6.07, 6.45) is 10.7. The first kappa shape index (κ1) is 16.3. The average Bonchev–Trinajstić information content (AvgIpc) is 2.28. The van der Waals surface area contributed by atoms with Crippen LogP contribution in [-0.4, -0.2) is 19.0 Å². The summed E-state index contributed by atoms with van der Waals surface area (Å²) in [5, 5.41) is 0. The minimum absolute atomic E-state index is 0.831. The second-order valence-corrected chi connectivity index (χ2v) is 5.23. The molecule has 0 heterocycles. The van der Waals surface area contributed by atoms with Gasteiger partial charge in [-0.25, -0.2) is 0 Å². The molecular weight excluding hydrogens is 216 g/mol. The van der Waals surface area contributed by atoms with Crippen molar-refractivity contribution >= 4 is 12.6 Å². The van der Waals surface area contributed by atoms with Gasteiger partial charge in [0.25, 0.3) is 0 Å². The quantitative estimate of drug-likeness (QED) is 0.387. The summed E-state index contributed by atoms with van der Waals surface area (Å²) >= 11 is 4.16. The van der Waals surface area contributed by atoms with Gasteiger partial charge in [0.2, 0.25) is 0 Å². The molecule has 16 heavy (non-hydrogen) atoms. The van der Waals surface area contributed by atoms with Crippen LogP contribution in [0.4, 0.5) is 0 Å². The average molecular weight is 246 g/mol. The molecule has 0 aromatic carbocycles. The summed E-state index contributed by atoms with van der Waals surface area (Å²) in [7, 11) is 0. The molecule has 0 aliphatic rings. The minimum Gasteiger partial charge on any atom is -0.381 e. The van der Waals surface area contributed by atoms with Gasteiger partial charge in [-0.1, -0.05) is 52.4 Å². The first-order valence-electron chi connectivity index (χ1n) is 6.99. The molecule has 1 nitrogen and oxygen atoms in total. The second kappa shape index (κ2) is 13.4. The van der Waals surface area contributed by atoms with Gasteiger partial charge in [0.05, 0.1) is 0 Å². The van der Waals surface area contributed by atoms with Crippen molar-refractivity contribution in [3.63, 3.8) is 0 Å². The predicted octanol–water partition coefficient (Wildman–Crippen LogP) is 4.71. The molecule has 1 unspecified atom stereocenters. The third-order valence-electron chi connectivity index (χ3n) is 3.00. The standard InChI is InChI=1S/C14H30OS/c1-3-4-5-6-7-9-14(2)10-12-15-11-8-13-16/h14,16H,3-13H2,1-2H3. The highest BCUT2D eigenvalue weighted by Crippen LogP contribution is 2.14. The maximum absolute atomic E-state index is 5.54. The monoisotopic (exact) mass is 246 g/mol. The van der Waals surface area contributed by atoms with Crippen LogP contribution in [0.25, 0.3) is 0 Å². The number of rotatable bonds is 12. The Labute approximate surface area is 108 Å². The number of hydrogen-bond donors (Lipinski definition) is 1. The highest BCUT2D eigenvalue weighted by molar-refractivity contribution is 7.80. The van der Waals surface area contributed by atoms with Crippen LogP contribution in [-0.2, 0) is 4.74 Å². The van der Waals surface area contributed by atoms with Gasteiger partial charge in [0, 0.05) is 13.2 Å². The van der Waals surface area contributed by atoms with Gasteiger partial charge in [-0.3, -0.25) is 0 Å². The normalized spacial score (nSPS) is 12.9. The fourth-order valence-electron chi connectivity index (χ4n) is 1.79. The summed E-state index contributed by atoms with van der Waals surface area (Å²) in [4.78, 5) is 0. The van der Waals surface area contributed by atoms with Crippen molar-refractivity contribution in [3.05, 3.63) is 0 Å². The summed E-state index contributed by atoms with van der Waals surface area (Å²) in [5.74, 6) is 1.77. The van der Waals surface area contributed by atoms with Crippen molar-refractivity contribution in [2.45, 2.75) is 65.2 Å². The molecule has 0 spiro atoms. The molecule has 0 amide bonds. The summed E-state index contributed by atoms with van der Waals surface area (Å²) in [6.45, 7) is 6.43. The van der Waals surface area contributed by atoms with Crippen molar-refractivity contribution in [3.8, 4) is 0 Å². The third kappa shape index (κ3) is 12.4. The Bertz CT molecular complexity index is 114. The molecule has 2 heteroatoms. The molecular formula is C14H30OS. The Kier molecular flexibility index (Phi) is 13.6. The lowest BCUT2D eigenvalue weighted by molar-refractivity contribution is 0.121. The van der Waals surface area contributed by atoms with E-state index < -0.39 is 0 Å². The molecule has 0 rings (SSSR count). The van der Waals surface area contributed by atoms with E-state index in [0.29, 0.717) is 0 Å². The topological polar surface area (TPSA) is 9.23 Å². The maximum atomic E-state index is 5.54. The van der Waals surface area contributed by atoms with E-state index >= 15 is 0 Å². The van der Waals surface area contributed by atoms with Gasteiger partial charge in [-0.05, 0) is 24.5 Å². The van der Waals surface area contributed by atoms with Gasteiger partial charge in [-0.2, -0.15) is 12.6 Å². The molecule has 0 N–H and O–H groups in total. The van der Waals surface area contributed by atoms with Crippen LogP contribution in [0.5, 0.6) is 0 Å². The van der Waals surface area contributed by atoms with E-state index in [4.69, 9.17) is 4.74 Å². The fraction of sp³-hybridized carbons (Fsp3) is 1.00. The van der Waals surface area contributed by atoms with Crippen LogP contribution in [0.2, 0.25) is 0 Å². The smallest absolute Gasteiger partial charge is 0.0473 e. The predicted molar refractivity (Wildman–Crippen MR) is 76.4 cm³/mol. The summed E-state index contributed by atoms with van der Waals surface area (Å²) < 4.78 is 5.54. The van der Waals surface area contributed by atoms with Gasteiger partial charge in [0.1, 0.15) is 0 Å². The zero-order valence-corrected chi connectivity index (χ0v) is 12.1. The third-order valence-corrected chi connectivity index (χ3v) is 3.32. The van der Waals surface area contributed by atoms with Crippen molar-refractivity contribution in [1.82, 2.24) is 0 Å². The van der Waals surface area contributed by atoms with Gasteiger partial charge < -0.3 is 4.74 Å². The van der Waals surface area contributed by atoms with E-state index in [1.807, 2.05) is 0 Å². The SMILES string of the molecule is CCCCCCCC(C)CCOCCCS. The highest BCUT2D eigenvalue weighted by Gasteiger charge is 2.01. The first-order chi connectivity index (χ1) is 7.81. The number of unbranched alkanes of at least 4 members (excludes halogenated alkanes) is 4. The Balaban J connectivity index is 3.09. The van der Waals surface area contributed by atoms with Crippen LogP contribution >= 0.6 is 12.6 Å². The second-order valence-electron chi connectivity index (χ2n) is 4.79. The summed E-state index contributed by atoms with van der Waals surface area (Å²) in [5.41, 5.74) is 0. The highest BCUT2D eigenvalue weighted by atomic mass is 32.1. The summed E-state index contributed by atoms with van der Waals surface area (Å²) in [6, 6.07) is 0. The number of thiol groups is 1. The lowest BCUT2D eigenvalue weighted by atomic mass is 10.00. The van der Waals surface area contributed by atoms with Crippen LogP contribution in [0.1, 0.15) is 65.2 Å². The lowest BCUT2D eigenvalue weighted by Crippen LogP contribution is -2.03. The Morgan fingerprint density at radius 1 is 0.938 bits per heavy atom. The molecule has 0 fully saturated rings. The molecule has 0 aliphatic carbocycles. The van der Waals surface area contributed by atoms with Crippen molar-refractivity contribution in [2.24, 2.45) is 5.92 Å². The Morgan fingerprint density at radius 3 is 2.38 bits per heavy atom. The first-order valence-corrected chi connectivity index (χ1v) is 7.63. The van der Waals surface area contributed by atoms with E-state index in [1.165, 1.54) is 44.9 Å². The molecule has 0 bridgehead atoms. The molecule has 0 saturated heterocycles. The van der Waals surface area contributed by atoms with Crippen molar-refractivity contribution in [1.29, 1.82) is 0 Å². The van der Waals surface area contributed by atoms with Crippen molar-refractivity contribution < 1.29 is 4.74 Å². The van der Waals surface area contributed by atoms with Gasteiger partial charge in [-0.15, -0.1) is 0 Å². The van der Waals surface area contributed by atoms with Crippen LogP contribution in [0.15, 0.2) is 0 Å². The number of ether oxygens (including phenoxy) is 1. The van der Waals surface area contributed by atoms with Crippen LogP contribution in [0.3, 0.4) is 0 Å². The molecule has 98 valence electrons. The zero-order chi connectivity index (χ0) is 12.1. The van der Waals surface area contributed by atoms with E-state index in [1.54, 1.807) is 0 Å². The molecule has 0 aromatic rings. The Hall–Kier alpha value is 0.310. The molecule has 1 atom stereocenters. The van der Waals surface area contributed by atoms with Gasteiger partial charge in [0.15, 0.2) is 0 Å². The largest absolute Gasteiger partial charge is 0.381 e. The Morgan fingerprint density at radius 2 is 1.69 bits per heavy atom. The molecule has 0 aliphatic heterocycles. The molecule has 0 radical (unpaired) electrons. The maximum Gasteiger partial charge on any atom is 0.0473 e. The molecule has 0 saturated carbocycles. The van der Waals surface area contributed by atoms with E-state index in [0.717, 1.165) is 31.3 Å². The van der Waals surface area contributed by atoms with E-state index in [9.17, 15) is 0 Å². The zero-order valence-electron chi connectivity index (χ0n) is 11.2. The van der Waals surface area contributed by atoms with Crippen molar-refractivity contribution in [2.75, 3.05) is 19.0 Å². The van der Waals surface area contributed by atoms with Crippen LogP contribution in [0, 0.1) is 5.92 Å². The lowest BCUT2D eigenvalue weighted by Gasteiger charge is -2.11. The number of hydrogen-bond acceptors (Lipinski definition) is 2.